The Hall–Kier alpha value is -6.47. The van der Waals surface area contributed by atoms with Crippen molar-refractivity contribution in [3.8, 4) is 0 Å². The summed E-state index contributed by atoms with van der Waals surface area (Å²) >= 11 is 0. The van der Waals surface area contributed by atoms with E-state index < -0.39 is 126 Å². The van der Waals surface area contributed by atoms with E-state index in [-0.39, 0.29) is 58.2 Å². The largest absolute Gasteiger partial charge is 0.472 e. The Kier molecular flexibility index (Phi) is 18.7. The molecule has 470 valence electrons. The molecule has 2 saturated heterocycles. The zero-order chi connectivity index (χ0) is 63.4. The molecule has 1 aromatic carbocycles. The number of nitrogens with two attached hydrogens (primary N) is 3. The van der Waals surface area contributed by atoms with E-state index in [0.717, 1.165) is 16.7 Å². The highest BCUT2D eigenvalue weighted by Gasteiger charge is 2.65. The maximum absolute atomic E-state index is 14.3. The number of aliphatic hydroxyl groups excluding tert-OH is 2. The van der Waals surface area contributed by atoms with E-state index in [1.807, 2.05) is 94.4 Å². The Morgan fingerprint density at radius 2 is 1.57 bits per heavy atom. The number of aliphatic hydroxyl groups is 2. The second-order valence-corrected chi connectivity index (χ2v) is 27.3. The van der Waals surface area contributed by atoms with Gasteiger partial charge in [-0.05, 0) is 101 Å². The summed E-state index contributed by atoms with van der Waals surface area (Å²) in [7, 11) is -5.02. The van der Waals surface area contributed by atoms with Crippen LogP contribution in [0.25, 0.3) is 11.0 Å². The van der Waals surface area contributed by atoms with Crippen LogP contribution in [0.5, 0.6) is 0 Å². The summed E-state index contributed by atoms with van der Waals surface area (Å²) in [6.45, 7) is 22.5. The number of carbonyl (C=O) groups excluding carboxylic acids is 6. The molecule has 6 amide bonds. The molecule has 25 nitrogen and oxygen atoms in total. The van der Waals surface area contributed by atoms with Crippen LogP contribution in [0, 0.1) is 59.2 Å². The number of allylic oxidation sites excluding steroid dienone is 6. The fourth-order valence-electron chi connectivity index (χ4n) is 14.7. The third kappa shape index (κ3) is 11.9. The second kappa shape index (κ2) is 24.6. The number of nitrogens with one attached hydrogen (secondary N) is 4. The molecule has 0 spiro atoms. The maximum atomic E-state index is 14.3. The second-order valence-electron chi connectivity index (χ2n) is 26.0. The fraction of sp³-hybridized carbons (Fsp3) is 0.633. The van der Waals surface area contributed by atoms with E-state index in [9.17, 15) is 48.4 Å². The van der Waals surface area contributed by atoms with Crippen molar-refractivity contribution in [3.05, 3.63) is 63.9 Å². The Bertz CT molecular complexity index is 3320. The minimum atomic E-state index is -5.02. The zero-order valence-corrected chi connectivity index (χ0v) is 52.2. The molecule has 8 rings (SSSR count). The highest BCUT2D eigenvalue weighted by molar-refractivity contribution is 7.47. The minimum Gasteiger partial charge on any atom is -0.394 e. The number of fused-ring (bicyclic) bond motifs is 7. The van der Waals surface area contributed by atoms with E-state index in [1.165, 1.54) is 13.3 Å². The number of imidazole rings is 1. The number of aromatic nitrogens is 2. The van der Waals surface area contributed by atoms with E-state index in [0.29, 0.717) is 70.1 Å². The van der Waals surface area contributed by atoms with Crippen molar-refractivity contribution in [3.63, 3.8) is 0 Å². The molecule has 15 atom stereocenters. The number of hydrogen-bond donors (Lipinski definition) is 10. The van der Waals surface area contributed by atoms with Gasteiger partial charge in [0, 0.05) is 125 Å². The molecule has 0 saturated carbocycles. The number of phosphoric acid groups is 1. The summed E-state index contributed by atoms with van der Waals surface area (Å²) in [6.07, 6.45) is -1.39. The van der Waals surface area contributed by atoms with E-state index >= 15 is 0 Å². The normalized spacial score (nSPS) is 34.6. The van der Waals surface area contributed by atoms with Crippen molar-refractivity contribution in [2.24, 2.45) is 77.5 Å². The number of aryl methyl sites for hydroxylation is 2. The van der Waals surface area contributed by atoms with Crippen LogP contribution in [-0.4, -0.2) is 140 Å². The molecular formula is C60H87N12O13P. The molecule has 86 heavy (non-hydrogen) atoms. The third-order valence-electron chi connectivity index (χ3n) is 20.2. The standard InChI is InChI=1S/C60H87N12O13P/c1-30-19-40-41(20-31(30)2)72(27-67-40)55-50(80)51(42(25-73)83-55)85-86(81,82)84-32(3)23-66-47(79)17-18-57(9)38(24-64-28-74)54-60(12)59(11,26-65-29-75)35(6)48(71-60)33(4)53-58(10,22-46(63)78)36(13-15-44(61)76)39(68-53)21-43-56(7,8)37(14-16-45(62)77)49(69-43)34(5)52(57)70-54/h19-21,27-29,32,35-38,42,50-51,54-55,68,73,80H,13-18,22-26H2,1-12H3,(H2,61,76)(H2,62,77)(H2,63,78)(H,64,74)(H,65,75)(H,66,79)(H,81,82)/b39-21?,49-34-,53-33-/t32-,35-,36-,37-,38+,42-,50-,51-,54-,55+,57-,58+,59+,60+/m1/s1. The molecule has 8 bridgehead atoms. The fourth-order valence-corrected chi connectivity index (χ4v) is 15.9. The molecule has 2 aromatic rings. The molecule has 2 fully saturated rings. The summed E-state index contributed by atoms with van der Waals surface area (Å²) in [5.74, 6) is -3.96. The van der Waals surface area contributed by atoms with Gasteiger partial charge in [-0.15, -0.1) is 0 Å². The van der Waals surface area contributed by atoms with Crippen LogP contribution in [-0.2, 0) is 47.1 Å². The quantitative estimate of drug-likeness (QED) is 0.0501. The smallest absolute Gasteiger partial charge is 0.394 e. The van der Waals surface area contributed by atoms with Crippen LogP contribution in [0.1, 0.15) is 132 Å². The number of primary amides is 3. The van der Waals surface area contributed by atoms with Crippen LogP contribution in [0.4, 0.5) is 0 Å². The number of aliphatic imine (C=N–C) groups is 3. The van der Waals surface area contributed by atoms with Crippen molar-refractivity contribution in [2.75, 3.05) is 26.2 Å². The lowest BCUT2D eigenvalue weighted by molar-refractivity contribution is -0.122. The maximum Gasteiger partial charge on any atom is 0.472 e. The monoisotopic (exact) mass is 1210 g/mol. The average molecular weight is 1220 g/mol. The number of benzene rings is 1. The minimum absolute atomic E-state index is 0.00101. The predicted octanol–water partition coefficient (Wildman–Crippen LogP) is 3.66. The molecule has 13 N–H and O–H groups in total. The molecule has 6 aliphatic rings. The number of carbonyl (C=O) groups is 6. The first-order valence-electron chi connectivity index (χ1n) is 29.5. The Balaban J connectivity index is 1.15. The van der Waals surface area contributed by atoms with E-state index in [1.54, 1.807) is 4.57 Å². The number of amides is 6. The average Bonchev–Trinajstić information content (AvgIpc) is 1.56. The topological polar surface area (TPSA) is 389 Å². The van der Waals surface area contributed by atoms with Crippen LogP contribution in [0.15, 0.2) is 67.8 Å². The van der Waals surface area contributed by atoms with E-state index in [2.05, 4.69) is 26.3 Å². The SMILES string of the molecule is C/C1=C2/N=C(C=C3N/C(=C(/C)C4=N[C@@](C)([C@@H]5N=C1[C@](C)(CCC(=O)NC[C@@H](C)OP(=O)(O)O[C@H]1[C@@H](O)[C@@H](n6cnc7cc(C)c(C)cc76)O[C@@H]1CO)[C@H]5CNC=O)[C@@](C)(CNC=O)[C@@H]4C)[C@@](C)(CC(N)=O)[C@@H]3CCC(N)=O)C(C)(C)[C@@H]2CCC(N)=O. The van der Waals surface area contributed by atoms with Crippen LogP contribution < -0.4 is 38.5 Å². The van der Waals surface area contributed by atoms with Gasteiger partial charge in [0.15, 0.2) is 6.23 Å². The van der Waals surface area contributed by atoms with Crippen LogP contribution >= 0.6 is 7.82 Å². The molecular weight excluding hydrogens is 1130 g/mol. The number of phosphoric ester groups is 1. The molecule has 1 unspecified atom stereocenters. The van der Waals surface area contributed by atoms with Gasteiger partial charge in [0.2, 0.25) is 36.4 Å². The summed E-state index contributed by atoms with van der Waals surface area (Å²) in [5, 5.41) is 34.2. The zero-order valence-electron chi connectivity index (χ0n) is 51.4. The van der Waals surface area contributed by atoms with Crippen LogP contribution in [0.2, 0.25) is 0 Å². The van der Waals surface area contributed by atoms with Crippen molar-refractivity contribution in [1.29, 1.82) is 0 Å². The summed E-state index contributed by atoms with van der Waals surface area (Å²) in [4.78, 5) is 110. The molecule has 1 aromatic heterocycles. The van der Waals surface area contributed by atoms with Crippen molar-refractivity contribution in [2.45, 2.75) is 170 Å². The lowest BCUT2D eigenvalue weighted by Crippen LogP contribution is -2.58. The highest BCUT2D eigenvalue weighted by Crippen LogP contribution is 2.60. The first-order valence-corrected chi connectivity index (χ1v) is 30.9. The first kappa shape index (κ1) is 65.5. The van der Waals surface area contributed by atoms with Gasteiger partial charge in [-0.1, -0.05) is 41.5 Å². The number of hydrogen-bond acceptors (Lipinski definition) is 17. The Morgan fingerprint density at radius 3 is 2.20 bits per heavy atom. The number of ether oxygens (including phenoxy) is 1. The molecule has 0 aliphatic carbocycles. The van der Waals surface area contributed by atoms with Gasteiger partial charge in [-0.2, -0.15) is 0 Å². The Morgan fingerprint density at radius 1 is 0.919 bits per heavy atom. The van der Waals surface area contributed by atoms with Gasteiger partial charge in [0.1, 0.15) is 18.3 Å². The van der Waals surface area contributed by atoms with Crippen molar-refractivity contribution < 1.29 is 62.2 Å². The summed E-state index contributed by atoms with van der Waals surface area (Å²) < 4.78 is 32.3. The number of rotatable bonds is 25. The lowest BCUT2D eigenvalue weighted by atomic mass is 9.58. The lowest BCUT2D eigenvalue weighted by Gasteiger charge is -2.48. The Labute approximate surface area is 501 Å². The molecule has 0 radical (unpaired) electrons. The summed E-state index contributed by atoms with van der Waals surface area (Å²) in [6, 6.07) is 3.01. The van der Waals surface area contributed by atoms with Gasteiger partial charge in [-0.25, -0.2) is 9.55 Å². The van der Waals surface area contributed by atoms with Crippen LogP contribution in [0.3, 0.4) is 0 Å². The van der Waals surface area contributed by atoms with Gasteiger partial charge < -0.3 is 62.9 Å². The van der Waals surface area contributed by atoms with Gasteiger partial charge in [-0.3, -0.25) is 52.8 Å². The number of nitrogens with zero attached hydrogens (tertiary/aromatic N) is 5. The molecule has 26 heteroatoms. The predicted molar refractivity (Wildman–Crippen MR) is 321 cm³/mol. The summed E-state index contributed by atoms with van der Waals surface area (Å²) in [5.41, 5.74) is 21.3. The van der Waals surface area contributed by atoms with Gasteiger partial charge in [0.25, 0.3) is 0 Å². The molecule has 6 aliphatic heterocycles. The van der Waals surface area contributed by atoms with Crippen molar-refractivity contribution >= 4 is 72.4 Å². The van der Waals surface area contributed by atoms with Gasteiger partial charge in [0.05, 0.1) is 41.7 Å². The first-order chi connectivity index (χ1) is 40.2. The third-order valence-corrected chi connectivity index (χ3v) is 21.3. The van der Waals surface area contributed by atoms with Crippen molar-refractivity contribution in [1.82, 2.24) is 30.8 Å². The highest BCUT2D eigenvalue weighted by atomic mass is 31.2. The van der Waals surface area contributed by atoms with E-state index in [4.69, 9.17) is 46.0 Å². The van der Waals surface area contributed by atoms with Gasteiger partial charge >= 0.3 is 7.82 Å². The molecule has 7 heterocycles.